The van der Waals surface area contributed by atoms with Crippen molar-refractivity contribution in [3.05, 3.63) is 93.5 Å². The van der Waals surface area contributed by atoms with Gasteiger partial charge in [-0.05, 0) is 67.8 Å². The van der Waals surface area contributed by atoms with Gasteiger partial charge in [0.1, 0.15) is 12.6 Å². The van der Waals surface area contributed by atoms with Crippen molar-refractivity contribution in [3.8, 4) is 0 Å². The molecule has 0 heterocycles. The highest BCUT2D eigenvalue weighted by molar-refractivity contribution is 7.92. The predicted octanol–water partition coefficient (Wildman–Crippen LogP) is 6.71. The van der Waals surface area contributed by atoms with Crippen LogP contribution >= 0.6 is 23.2 Å². The number of amides is 2. The minimum Gasteiger partial charge on any atom is -0.354 e. The zero-order chi connectivity index (χ0) is 32.1. The molecular weight excluding hydrogens is 626 g/mol. The van der Waals surface area contributed by atoms with E-state index in [1.54, 1.807) is 13.0 Å². The minimum atomic E-state index is -4.76. The molecule has 0 fully saturated rings. The highest BCUT2D eigenvalue weighted by atomic mass is 35.5. The minimum absolute atomic E-state index is 0.117. The third-order valence-electron chi connectivity index (χ3n) is 6.54. The van der Waals surface area contributed by atoms with E-state index in [4.69, 9.17) is 23.2 Å². The summed E-state index contributed by atoms with van der Waals surface area (Å²) in [4.78, 5) is 27.9. The van der Waals surface area contributed by atoms with Crippen LogP contribution < -0.4 is 9.62 Å². The van der Waals surface area contributed by atoms with Crippen LogP contribution in [0.2, 0.25) is 10.0 Å². The Morgan fingerprint density at radius 1 is 0.930 bits per heavy atom. The first-order valence-corrected chi connectivity index (χ1v) is 15.5. The van der Waals surface area contributed by atoms with E-state index in [-0.39, 0.29) is 33.1 Å². The van der Waals surface area contributed by atoms with Crippen LogP contribution in [-0.4, -0.2) is 44.3 Å². The fourth-order valence-electron chi connectivity index (χ4n) is 4.07. The second kappa shape index (κ2) is 14.0. The molecule has 1 atom stereocenters. The third kappa shape index (κ3) is 8.87. The van der Waals surface area contributed by atoms with Gasteiger partial charge >= 0.3 is 6.18 Å². The summed E-state index contributed by atoms with van der Waals surface area (Å²) in [6.07, 6.45) is -4.76. The third-order valence-corrected chi connectivity index (χ3v) is 9.07. The van der Waals surface area contributed by atoms with E-state index in [0.717, 1.165) is 22.6 Å². The van der Waals surface area contributed by atoms with Crippen molar-refractivity contribution in [2.45, 2.75) is 51.4 Å². The number of sulfonamides is 1. The van der Waals surface area contributed by atoms with E-state index >= 15 is 0 Å². The van der Waals surface area contributed by atoms with Gasteiger partial charge in [-0.1, -0.05) is 66.9 Å². The van der Waals surface area contributed by atoms with Crippen molar-refractivity contribution in [2.24, 2.45) is 5.92 Å². The standard InChI is InChI=1S/C30H32Cl2F3N3O4S/c1-19(2)16-36-29(40)21(4)37(17-22-10-13-26(31)27(32)14-22)28(39)18-38(24-7-5-6-23(15-24)30(33,34)35)43(41,42)25-11-8-20(3)9-12-25/h5-15,19,21H,16-18H2,1-4H3,(H,36,40). The lowest BCUT2D eigenvalue weighted by Gasteiger charge is -2.32. The molecule has 3 aromatic rings. The molecule has 43 heavy (non-hydrogen) atoms. The number of alkyl halides is 3. The number of aryl methyl sites for hydroxylation is 1. The second-order valence-corrected chi connectivity index (χ2v) is 13.1. The van der Waals surface area contributed by atoms with Gasteiger partial charge in [-0.2, -0.15) is 13.2 Å². The summed E-state index contributed by atoms with van der Waals surface area (Å²) in [6, 6.07) is 13.0. The molecule has 0 bridgehead atoms. The molecule has 0 aliphatic carbocycles. The van der Waals surface area contributed by atoms with Crippen molar-refractivity contribution >= 4 is 50.7 Å². The van der Waals surface area contributed by atoms with Gasteiger partial charge < -0.3 is 10.2 Å². The summed E-state index contributed by atoms with van der Waals surface area (Å²) >= 11 is 12.2. The molecule has 0 aliphatic rings. The second-order valence-electron chi connectivity index (χ2n) is 10.5. The molecule has 232 valence electrons. The van der Waals surface area contributed by atoms with Crippen LogP contribution in [0.15, 0.2) is 71.6 Å². The van der Waals surface area contributed by atoms with Crippen LogP contribution in [0.1, 0.15) is 37.5 Å². The van der Waals surface area contributed by atoms with Crippen LogP contribution in [-0.2, 0) is 32.3 Å². The number of carbonyl (C=O) groups is 2. The van der Waals surface area contributed by atoms with Gasteiger partial charge in [0.05, 0.1) is 26.2 Å². The van der Waals surface area contributed by atoms with E-state index in [2.05, 4.69) is 5.32 Å². The van der Waals surface area contributed by atoms with Gasteiger partial charge in [0.25, 0.3) is 10.0 Å². The molecule has 3 aromatic carbocycles. The first kappa shape index (κ1) is 34.2. The van der Waals surface area contributed by atoms with Crippen LogP contribution in [0.4, 0.5) is 18.9 Å². The fraction of sp³-hybridized carbons (Fsp3) is 0.333. The number of carbonyl (C=O) groups excluding carboxylic acids is 2. The molecule has 2 amide bonds. The first-order valence-electron chi connectivity index (χ1n) is 13.3. The Morgan fingerprint density at radius 3 is 2.16 bits per heavy atom. The molecule has 13 heteroatoms. The summed E-state index contributed by atoms with van der Waals surface area (Å²) in [5.74, 6) is -1.20. The first-order chi connectivity index (χ1) is 20.0. The maximum absolute atomic E-state index is 13.9. The zero-order valence-electron chi connectivity index (χ0n) is 24.0. The number of benzene rings is 3. The van der Waals surface area contributed by atoms with Gasteiger partial charge in [-0.25, -0.2) is 8.42 Å². The maximum Gasteiger partial charge on any atom is 0.416 e. The number of hydrogen-bond acceptors (Lipinski definition) is 4. The zero-order valence-corrected chi connectivity index (χ0v) is 26.3. The van der Waals surface area contributed by atoms with Crippen molar-refractivity contribution in [3.63, 3.8) is 0 Å². The van der Waals surface area contributed by atoms with Gasteiger partial charge in [-0.3, -0.25) is 13.9 Å². The molecule has 0 aromatic heterocycles. The molecule has 0 saturated carbocycles. The quantitative estimate of drug-likeness (QED) is 0.248. The summed E-state index contributed by atoms with van der Waals surface area (Å²) in [6.45, 7) is 6.30. The van der Waals surface area contributed by atoms with E-state index in [1.165, 1.54) is 49.4 Å². The number of hydrogen-bond donors (Lipinski definition) is 1. The monoisotopic (exact) mass is 657 g/mol. The van der Waals surface area contributed by atoms with Gasteiger partial charge in [0.15, 0.2) is 0 Å². The van der Waals surface area contributed by atoms with E-state index in [1.807, 2.05) is 13.8 Å². The van der Waals surface area contributed by atoms with E-state index in [0.29, 0.717) is 22.5 Å². The van der Waals surface area contributed by atoms with Crippen LogP contribution in [0.25, 0.3) is 0 Å². The predicted molar refractivity (Wildman–Crippen MR) is 161 cm³/mol. The topological polar surface area (TPSA) is 86.8 Å². The number of nitrogens with one attached hydrogen (secondary N) is 1. The highest BCUT2D eigenvalue weighted by Gasteiger charge is 2.35. The SMILES string of the molecule is Cc1ccc(S(=O)(=O)N(CC(=O)N(Cc2ccc(Cl)c(Cl)c2)C(C)C(=O)NCC(C)C)c2cccc(C(F)(F)F)c2)cc1. The molecular formula is C30H32Cl2F3N3O4S. The normalized spacial score (nSPS) is 12.6. The molecule has 0 radical (unpaired) electrons. The maximum atomic E-state index is 13.9. The van der Waals surface area contributed by atoms with Crippen molar-refractivity contribution < 1.29 is 31.2 Å². The van der Waals surface area contributed by atoms with Crippen molar-refractivity contribution in [1.29, 1.82) is 0 Å². The molecule has 0 spiro atoms. The Bertz CT molecular complexity index is 1570. The summed E-state index contributed by atoms with van der Waals surface area (Å²) in [5.41, 5.74) is -0.196. The number of halogens is 5. The van der Waals surface area contributed by atoms with Gasteiger partial charge in [0.2, 0.25) is 11.8 Å². The van der Waals surface area contributed by atoms with E-state index < -0.39 is 46.2 Å². The molecule has 3 rings (SSSR count). The molecule has 1 N–H and O–H groups in total. The largest absolute Gasteiger partial charge is 0.416 e. The van der Waals surface area contributed by atoms with Crippen LogP contribution in [0.5, 0.6) is 0 Å². The molecule has 7 nitrogen and oxygen atoms in total. The van der Waals surface area contributed by atoms with Crippen molar-refractivity contribution in [1.82, 2.24) is 10.2 Å². The van der Waals surface area contributed by atoms with Gasteiger partial charge in [0, 0.05) is 13.1 Å². The van der Waals surface area contributed by atoms with Crippen LogP contribution in [0.3, 0.4) is 0 Å². The number of rotatable bonds is 11. The summed E-state index contributed by atoms with van der Waals surface area (Å²) in [7, 11) is -4.53. The summed E-state index contributed by atoms with van der Waals surface area (Å²) in [5, 5.41) is 3.23. The van der Waals surface area contributed by atoms with E-state index in [9.17, 15) is 31.2 Å². The lowest BCUT2D eigenvalue weighted by molar-refractivity contribution is -0.139. The Hall–Kier alpha value is -3.28. The highest BCUT2D eigenvalue weighted by Crippen LogP contribution is 2.33. The lowest BCUT2D eigenvalue weighted by Crippen LogP contribution is -2.51. The Morgan fingerprint density at radius 2 is 1.58 bits per heavy atom. The number of anilines is 1. The molecule has 0 saturated heterocycles. The Balaban J connectivity index is 2.09. The summed E-state index contributed by atoms with van der Waals surface area (Å²) < 4.78 is 69.1. The molecule has 1 unspecified atom stereocenters. The average molecular weight is 659 g/mol. The molecule has 0 aliphatic heterocycles. The van der Waals surface area contributed by atoms with Crippen LogP contribution in [0, 0.1) is 12.8 Å². The van der Waals surface area contributed by atoms with Gasteiger partial charge in [-0.15, -0.1) is 0 Å². The van der Waals surface area contributed by atoms with Crippen molar-refractivity contribution in [2.75, 3.05) is 17.4 Å². The Labute approximate surface area is 259 Å². The lowest BCUT2D eigenvalue weighted by atomic mass is 10.1. The fourth-order valence-corrected chi connectivity index (χ4v) is 5.80. The number of nitrogens with zero attached hydrogens (tertiary/aromatic N) is 2. The Kier molecular flexibility index (Phi) is 11.1. The average Bonchev–Trinajstić information content (AvgIpc) is 2.94. The smallest absolute Gasteiger partial charge is 0.354 e.